The molecule has 126 valence electrons. The molecule has 3 aromatic carbocycles. The standard InChI is InChI=1S/3C6H6ClN/c3*7-5-1-3-6(8)4-2-5/h3*1-4H,8H2. The van der Waals surface area contributed by atoms with E-state index in [0.29, 0.717) is 0 Å². The molecule has 6 N–H and O–H groups in total. The maximum atomic E-state index is 5.56. The van der Waals surface area contributed by atoms with Gasteiger partial charge >= 0.3 is 0 Å². The first kappa shape index (κ1) is 20.0. The zero-order chi connectivity index (χ0) is 17.9. The quantitative estimate of drug-likeness (QED) is 0.432. The normalized spacial score (nSPS) is 9.12. The van der Waals surface area contributed by atoms with E-state index in [9.17, 15) is 0 Å². The molecule has 24 heavy (non-hydrogen) atoms. The lowest BCUT2D eigenvalue weighted by Crippen LogP contribution is -1.80. The van der Waals surface area contributed by atoms with Crippen LogP contribution in [-0.4, -0.2) is 0 Å². The Morgan fingerprint density at radius 2 is 0.542 bits per heavy atom. The lowest BCUT2D eigenvalue weighted by Gasteiger charge is -1.88. The molecule has 0 aliphatic heterocycles. The Morgan fingerprint density at radius 3 is 0.667 bits per heavy atom. The summed E-state index contributed by atoms with van der Waals surface area (Å²) in [5, 5.41) is 2.16. The minimum atomic E-state index is 0.721. The van der Waals surface area contributed by atoms with Crippen molar-refractivity contribution in [2.75, 3.05) is 17.2 Å². The number of anilines is 3. The third kappa shape index (κ3) is 9.16. The zero-order valence-electron chi connectivity index (χ0n) is 12.8. The van der Waals surface area contributed by atoms with Gasteiger partial charge < -0.3 is 17.2 Å². The molecule has 0 fully saturated rings. The molecule has 0 heterocycles. The van der Waals surface area contributed by atoms with Gasteiger partial charge in [0.15, 0.2) is 0 Å². The van der Waals surface area contributed by atoms with Crippen LogP contribution in [-0.2, 0) is 0 Å². The molecular weight excluding hydrogens is 365 g/mol. The fraction of sp³-hybridized carbons (Fsp3) is 0. The van der Waals surface area contributed by atoms with E-state index in [4.69, 9.17) is 52.0 Å². The average molecular weight is 383 g/mol. The Kier molecular flexibility index (Phi) is 8.87. The number of halogens is 3. The van der Waals surface area contributed by atoms with Gasteiger partial charge in [-0.25, -0.2) is 0 Å². The van der Waals surface area contributed by atoms with Crippen LogP contribution in [0.25, 0.3) is 0 Å². The highest BCUT2D eigenvalue weighted by Gasteiger charge is 1.83. The predicted octanol–water partition coefficient (Wildman–Crippen LogP) is 5.77. The molecule has 3 nitrogen and oxygen atoms in total. The Morgan fingerprint density at radius 1 is 0.375 bits per heavy atom. The number of rotatable bonds is 0. The third-order valence-electron chi connectivity index (χ3n) is 2.61. The molecule has 0 saturated carbocycles. The second-order valence-corrected chi connectivity index (χ2v) is 5.96. The van der Waals surface area contributed by atoms with Gasteiger partial charge in [-0.1, -0.05) is 34.8 Å². The fourth-order valence-corrected chi connectivity index (χ4v) is 1.77. The second kappa shape index (κ2) is 10.7. The van der Waals surface area contributed by atoms with Crippen LogP contribution in [0, 0.1) is 0 Å². The minimum Gasteiger partial charge on any atom is -0.399 e. The van der Waals surface area contributed by atoms with E-state index in [1.54, 1.807) is 72.8 Å². The van der Waals surface area contributed by atoms with Gasteiger partial charge in [0.1, 0.15) is 0 Å². The molecule has 0 saturated heterocycles. The molecular formula is C18H18Cl3N3. The molecule has 0 aliphatic rings. The first-order valence-corrected chi connectivity index (χ1v) is 8.03. The summed E-state index contributed by atoms with van der Waals surface area (Å²) >= 11 is 16.7. The van der Waals surface area contributed by atoms with Crippen molar-refractivity contribution in [2.45, 2.75) is 0 Å². The van der Waals surface area contributed by atoms with E-state index in [2.05, 4.69) is 0 Å². The van der Waals surface area contributed by atoms with Crippen molar-refractivity contribution in [1.82, 2.24) is 0 Å². The summed E-state index contributed by atoms with van der Waals surface area (Å²) in [5.74, 6) is 0. The van der Waals surface area contributed by atoms with E-state index < -0.39 is 0 Å². The summed E-state index contributed by atoms with van der Waals surface area (Å²) in [7, 11) is 0. The molecule has 0 atom stereocenters. The van der Waals surface area contributed by atoms with Gasteiger partial charge in [0.25, 0.3) is 0 Å². The Hall–Kier alpha value is -2.07. The molecule has 3 aromatic rings. The van der Waals surface area contributed by atoms with Crippen LogP contribution in [0.3, 0.4) is 0 Å². The van der Waals surface area contributed by atoms with E-state index in [1.165, 1.54) is 0 Å². The molecule has 0 aliphatic carbocycles. The Balaban J connectivity index is 0.000000180. The van der Waals surface area contributed by atoms with Crippen molar-refractivity contribution in [3.05, 3.63) is 87.9 Å². The van der Waals surface area contributed by atoms with E-state index in [-0.39, 0.29) is 0 Å². The van der Waals surface area contributed by atoms with Crippen molar-refractivity contribution < 1.29 is 0 Å². The number of nitrogens with two attached hydrogens (primary N) is 3. The summed E-state index contributed by atoms with van der Waals surface area (Å²) in [6.07, 6.45) is 0. The van der Waals surface area contributed by atoms with Gasteiger partial charge in [-0.3, -0.25) is 0 Å². The highest BCUT2D eigenvalue weighted by molar-refractivity contribution is 6.31. The highest BCUT2D eigenvalue weighted by Crippen LogP contribution is 2.10. The summed E-state index contributed by atoms with van der Waals surface area (Å²) < 4.78 is 0. The molecule has 0 amide bonds. The minimum absolute atomic E-state index is 0.721. The van der Waals surface area contributed by atoms with Crippen molar-refractivity contribution in [2.24, 2.45) is 0 Å². The van der Waals surface area contributed by atoms with E-state index in [0.717, 1.165) is 32.1 Å². The van der Waals surface area contributed by atoms with Gasteiger partial charge in [-0.15, -0.1) is 0 Å². The van der Waals surface area contributed by atoms with Crippen LogP contribution in [0.15, 0.2) is 72.8 Å². The van der Waals surface area contributed by atoms with Crippen LogP contribution in [0.5, 0.6) is 0 Å². The van der Waals surface area contributed by atoms with Crippen molar-refractivity contribution >= 4 is 51.9 Å². The van der Waals surface area contributed by atoms with Crippen LogP contribution in [0.1, 0.15) is 0 Å². The predicted molar refractivity (Wildman–Crippen MR) is 108 cm³/mol. The molecule has 0 spiro atoms. The van der Waals surface area contributed by atoms with Crippen molar-refractivity contribution in [3.63, 3.8) is 0 Å². The van der Waals surface area contributed by atoms with Gasteiger partial charge in [0, 0.05) is 32.1 Å². The SMILES string of the molecule is Nc1ccc(Cl)cc1.Nc1ccc(Cl)cc1.Nc1ccc(Cl)cc1. The lowest BCUT2D eigenvalue weighted by molar-refractivity contribution is 1.69. The maximum absolute atomic E-state index is 5.56. The third-order valence-corrected chi connectivity index (χ3v) is 3.37. The van der Waals surface area contributed by atoms with Gasteiger partial charge in [-0.2, -0.15) is 0 Å². The average Bonchev–Trinajstić information content (AvgIpc) is 2.57. The highest BCUT2D eigenvalue weighted by atomic mass is 35.5. The summed E-state index contributed by atoms with van der Waals surface area (Å²) in [5.41, 5.74) is 18.3. The lowest BCUT2D eigenvalue weighted by atomic mass is 10.3. The molecule has 6 heteroatoms. The first-order chi connectivity index (χ1) is 11.4. The second-order valence-electron chi connectivity index (χ2n) is 4.65. The fourth-order valence-electron chi connectivity index (χ4n) is 1.39. The number of nitrogen functional groups attached to an aromatic ring is 3. The summed E-state index contributed by atoms with van der Waals surface area (Å²) in [6, 6.07) is 21.2. The molecule has 3 rings (SSSR count). The molecule has 0 unspecified atom stereocenters. The Bertz CT molecular complexity index is 546. The van der Waals surface area contributed by atoms with Crippen LogP contribution in [0.2, 0.25) is 15.1 Å². The van der Waals surface area contributed by atoms with Crippen molar-refractivity contribution in [3.8, 4) is 0 Å². The molecule has 0 aromatic heterocycles. The van der Waals surface area contributed by atoms with Gasteiger partial charge in [0.05, 0.1) is 0 Å². The van der Waals surface area contributed by atoms with Crippen LogP contribution >= 0.6 is 34.8 Å². The van der Waals surface area contributed by atoms with E-state index in [1.807, 2.05) is 0 Å². The van der Waals surface area contributed by atoms with Gasteiger partial charge in [0.2, 0.25) is 0 Å². The molecule has 0 bridgehead atoms. The Labute approximate surface area is 156 Å². The zero-order valence-corrected chi connectivity index (χ0v) is 15.1. The maximum Gasteiger partial charge on any atom is 0.0407 e. The number of hydrogen-bond donors (Lipinski definition) is 3. The smallest absolute Gasteiger partial charge is 0.0407 e. The molecule has 0 radical (unpaired) electrons. The number of benzene rings is 3. The van der Waals surface area contributed by atoms with Crippen LogP contribution in [0.4, 0.5) is 17.1 Å². The first-order valence-electron chi connectivity index (χ1n) is 6.90. The largest absolute Gasteiger partial charge is 0.399 e. The summed E-state index contributed by atoms with van der Waals surface area (Å²) in [6.45, 7) is 0. The van der Waals surface area contributed by atoms with Gasteiger partial charge in [-0.05, 0) is 72.8 Å². The van der Waals surface area contributed by atoms with Crippen molar-refractivity contribution in [1.29, 1.82) is 0 Å². The van der Waals surface area contributed by atoms with E-state index >= 15 is 0 Å². The number of hydrogen-bond acceptors (Lipinski definition) is 3. The summed E-state index contributed by atoms with van der Waals surface area (Å²) in [4.78, 5) is 0. The monoisotopic (exact) mass is 381 g/mol. The van der Waals surface area contributed by atoms with Crippen LogP contribution < -0.4 is 17.2 Å². The topological polar surface area (TPSA) is 78.1 Å².